The zero-order valence-electron chi connectivity index (χ0n) is 15.3. The number of amides is 1. The fourth-order valence-corrected chi connectivity index (χ4v) is 4.24. The van der Waals surface area contributed by atoms with Gasteiger partial charge in [-0.3, -0.25) is 9.59 Å². The lowest BCUT2D eigenvalue weighted by Gasteiger charge is -2.23. The van der Waals surface area contributed by atoms with Crippen LogP contribution in [0.5, 0.6) is 0 Å². The van der Waals surface area contributed by atoms with Gasteiger partial charge < -0.3 is 15.7 Å². The molecule has 3 rings (SSSR count). The lowest BCUT2D eigenvalue weighted by Crippen LogP contribution is -2.43. The average Bonchev–Trinajstić information content (AvgIpc) is 3.32. The van der Waals surface area contributed by atoms with Crippen molar-refractivity contribution in [1.29, 1.82) is 0 Å². The van der Waals surface area contributed by atoms with Gasteiger partial charge in [-0.15, -0.1) is 11.3 Å². The predicted molar refractivity (Wildman–Crippen MR) is 99.8 cm³/mol. The fraction of sp³-hybridized carbons (Fsp3) is 0.421. The van der Waals surface area contributed by atoms with Gasteiger partial charge in [-0.05, 0) is 44.0 Å². The minimum Gasteiger partial charge on any atom is -0.391 e. The number of rotatable bonds is 7. The number of nitrogens with zero attached hydrogens (tertiary/aromatic N) is 1. The van der Waals surface area contributed by atoms with E-state index in [0.29, 0.717) is 15.6 Å². The number of aromatic nitrogens is 1. The summed E-state index contributed by atoms with van der Waals surface area (Å²) in [4.78, 5) is 29.9. The Morgan fingerprint density at radius 1 is 1.39 bits per heavy atom. The first-order chi connectivity index (χ1) is 13.4. The second-order valence-electron chi connectivity index (χ2n) is 6.72. The van der Waals surface area contributed by atoms with E-state index in [1.165, 1.54) is 17.4 Å². The molecule has 28 heavy (non-hydrogen) atoms. The van der Waals surface area contributed by atoms with Crippen LogP contribution < -0.4 is 10.6 Å². The largest absolute Gasteiger partial charge is 0.391 e. The quantitative estimate of drug-likeness (QED) is 0.608. The maximum Gasteiger partial charge on any atom is 0.288 e. The molecule has 2 heterocycles. The highest BCUT2D eigenvalue weighted by molar-refractivity contribution is 7.11. The third kappa shape index (κ3) is 4.60. The van der Waals surface area contributed by atoms with Crippen molar-refractivity contribution in [2.45, 2.75) is 44.9 Å². The van der Waals surface area contributed by atoms with Crippen molar-refractivity contribution in [2.75, 3.05) is 6.54 Å². The van der Waals surface area contributed by atoms with Gasteiger partial charge in [-0.25, -0.2) is 13.8 Å². The van der Waals surface area contributed by atoms with Gasteiger partial charge in [-0.2, -0.15) is 0 Å². The van der Waals surface area contributed by atoms with Gasteiger partial charge in [0.2, 0.25) is 5.78 Å². The Morgan fingerprint density at radius 3 is 2.79 bits per heavy atom. The lowest BCUT2D eigenvalue weighted by molar-refractivity contribution is -0.138. The molecule has 1 aliphatic heterocycles. The lowest BCUT2D eigenvalue weighted by atomic mass is 10.1. The molecule has 6 nitrogen and oxygen atoms in total. The Morgan fingerprint density at radius 2 is 2.18 bits per heavy atom. The first-order valence-corrected chi connectivity index (χ1v) is 9.78. The van der Waals surface area contributed by atoms with Crippen LogP contribution in [0.4, 0.5) is 8.78 Å². The van der Waals surface area contributed by atoms with Crippen molar-refractivity contribution in [2.24, 2.45) is 0 Å². The molecule has 2 unspecified atom stereocenters. The highest BCUT2D eigenvalue weighted by Crippen LogP contribution is 2.29. The molecular weight excluding hydrogens is 388 g/mol. The number of aliphatic hydroxyl groups is 1. The van der Waals surface area contributed by atoms with Crippen molar-refractivity contribution in [3.8, 4) is 0 Å². The smallest absolute Gasteiger partial charge is 0.288 e. The summed E-state index contributed by atoms with van der Waals surface area (Å²) >= 11 is 1.30. The molecule has 1 aliphatic rings. The van der Waals surface area contributed by atoms with Gasteiger partial charge in [0.15, 0.2) is 11.6 Å². The molecule has 1 aromatic carbocycles. The third-order valence-corrected chi connectivity index (χ3v) is 5.93. The maximum absolute atomic E-state index is 13.3. The van der Waals surface area contributed by atoms with E-state index >= 15 is 0 Å². The van der Waals surface area contributed by atoms with E-state index in [2.05, 4.69) is 15.6 Å². The van der Waals surface area contributed by atoms with Crippen LogP contribution >= 0.6 is 11.3 Å². The fourth-order valence-electron chi connectivity index (χ4n) is 3.20. The molecule has 1 aromatic heterocycles. The summed E-state index contributed by atoms with van der Waals surface area (Å²) in [6, 6.07) is 2.53. The molecule has 0 radical (unpaired) electrons. The van der Waals surface area contributed by atoms with Crippen molar-refractivity contribution >= 4 is 23.0 Å². The minimum atomic E-state index is -1.06. The van der Waals surface area contributed by atoms with Gasteiger partial charge >= 0.3 is 0 Å². The normalized spacial score (nSPS) is 17.5. The van der Waals surface area contributed by atoms with E-state index in [9.17, 15) is 23.5 Å². The molecule has 2 atom stereocenters. The number of benzene rings is 1. The number of Topliss-reactive ketones (excluding diaryl/α,β-unsaturated/α-hetero) is 1. The molecule has 1 fully saturated rings. The van der Waals surface area contributed by atoms with Gasteiger partial charge in [0.05, 0.1) is 23.2 Å². The summed E-state index contributed by atoms with van der Waals surface area (Å²) in [5, 5.41) is 16.1. The highest BCUT2D eigenvalue weighted by atomic mass is 32.1. The molecule has 0 saturated carbocycles. The summed E-state index contributed by atoms with van der Waals surface area (Å²) in [6.45, 7) is 2.44. The van der Waals surface area contributed by atoms with Crippen LogP contribution in [-0.2, 0) is 22.6 Å². The van der Waals surface area contributed by atoms with Crippen molar-refractivity contribution < 1.29 is 23.5 Å². The summed E-state index contributed by atoms with van der Waals surface area (Å²) in [5.74, 6) is -3.62. The number of aryl methyl sites for hydroxylation is 1. The number of halogens is 2. The van der Waals surface area contributed by atoms with E-state index in [0.717, 1.165) is 31.5 Å². The van der Waals surface area contributed by atoms with Gasteiger partial charge in [0.25, 0.3) is 5.91 Å². The van der Waals surface area contributed by atoms with Crippen LogP contribution in [0.3, 0.4) is 0 Å². The zero-order valence-corrected chi connectivity index (χ0v) is 16.1. The van der Waals surface area contributed by atoms with Crippen molar-refractivity contribution in [3.05, 3.63) is 51.0 Å². The van der Waals surface area contributed by atoms with Crippen molar-refractivity contribution in [3.63, 3.8) is 0 Å². The summed E-state index contributed by atoms with van der Waals surface area (Å²) in [6.07, 6.45) is 1.43. The Labute approximate surface area is 165 Å². The molecule has 1 amide bonds. The molecule has 1 saturated heterocycles. The molecular formula is C19H21F2N3O3S. The standard InChI is InChI=1S/C19H21F2N3O3S/c1-10-16(9-25)28-19(23-10)17(14-3-2-6-22-14)24-18(27)15(26)8-11-4-5-12(20)13(21)7-11/h4-5,7,14,17,22,25H,2-3,6,8-9H2,1H3,(H,24,27). The zero-order chi connectivity index (χ0) is 20.3. The average molecular weight is 409 g/mol. The number of hydrogen-bond acceptors (Lipinski definition) is 6. The molecule has 3 N–H and O–H groups in total. The van der Waals surface area contributed by atoms with E-state index in [1.54, 1.807) is 6.92 Å². The SMILES string of the molecule is Cc1nc(C(NC(=O)C(=O)Cc2ccc(F)c(F)c2)C2CCCN2)sc1CO. The Balaban J connectivity index is 1.74. The number of carbonyl (C=O) groups excluding carboxylic acids is 2. The number of ketones is 1. The molecule has 0 bridgehead atoms. The number of aliphatic hydroxyl groups excluding tert-OH is 1. The van der Waals surface area contributed by atoms with Crippen LogP contribution in [0.15, 0.2) is 18.2 Å². The van der Waals surface area contributed by atoms with Crippen LogP contribution in [0.2, 0.25) is 0 Å². The van der Waals surface area contributed by atoms with Crippen LogP contribution in [0.1, 0.15) is 40.0 Å². The number of carbonyl (C=O) groups is 2. The highest BCUT2D eigenvalue weighted by Gasteiger charge is 2.32. The first-order valence-electron chi connectivity index (χ1n) is 8.97. The summed E-state index contributed by atoms with van der Waals surface area (Å²) in [5.41, 5.74) is 0.912. The number of thiazole rings is 1. The summed E-state index contributed by atoms with van der Waals surface area (Å²) < 4.78 is 26.3. The third-order valence-electron chi connectivity index (χ3n) is 4.71. The number of hydrogen-bond donors (Lipinski definition) is 3. The van der Waals surface area contributed by atoms with Gasteiger partial charge in [0, 0.05) is 12.5 Å². The van der Waals surface area contributed by atoms with Gasteiger partial charge in [-0.1, -0.05) is 6.07 Å². The minimum absolute atomic E-state index is 0.0721. The predicted octanol–water partition coefficient (Wildman–Crippen LogP) is 1.94. The summed E-state index contributed by atoms with van der Waals surface area (Å²) in [7, 11) is 0. The Hall–Kier alpha value is -2.23. The van der Waals surface area contributed by atoms with Crippen LogP contribution in [0.25, 0.3) is 0 Å². The van der Waals surface area contributed by atoms with Crippen LogP contribution in [0, 0.1) is 18.6 Å². The topological polar surface area (TPSA) is 91.3 Å². The molecule has 150 valence electrons. The Bertz CT molecular complexity index is 881. The maximum atomic E-state index is 13.3. The molecule has 9 heteroatoms. The van der Waals surface area contributed by atoms with E-state index in [1.807, 2.05) is 0 Å². The Kier molecular flexibility index (Phi) is 6.48. The molecule has 0 aliphatic carbocycles. The monoisotopic (exact) mass is 409 g/mol. The number of nitrogens with one attached hydrogen (secondary N) is 2. The van der Waals surface area contributed by atoms with Crippen molar-refractivity contribution in [1.82, 2.24) is 15.6 Å². The second-order valence-corrected chi connectivity index (χ2v) is 7.84. The first kappa shape index (κ1) is 20.5. The second kappa shape index (κ2) is 8.85. The molecule has 2 aromatic rings. The van der Waals surface area contributed by atoms with E-state index in [4.69, 9.17) is 0 Å². The van der Waals surface area contributed by atoms with Crippen LogP contribution in [-0.4, -0.2) is 34.4 Å². The van der Waals surface area contributed by atoms with Gasteiger partial charge in [0.1, 0.15) is 5.01 Å². The van der Waals surface area contributed by atoms with E-state index < -0.39 is 29.4 Å². The molecule has 0 spiro atoms. The van der Waals surface area contributed by atoms with E-state index in [-0.39, 0.29) is 24.6 Å².